The highest BCUT2D eigenvalue weighted by molar-refractivity contribution is 7.52. The Bertz CT molecular complexity index is 1970. The van der Waals surface area contributed by atoms with E-state index in [9.17, 15) is 18.9 Å². The average Bonchev–Trinajstić information content (AvgIpc) is 3.82. The molecular weight excluding hydrogens is 731 g/mol. The van der Waals surface area contributed by atoms with Gasteiger partial charge in [0.1, 0.15) is 35.8 Å². The standard InChI is InChI=1S/C38H51N6O10P/c1-23(35(47)52-28-18-37(19-28)16-8-9-17-37)43-55(48,54-27-12-10-26(11-13-27)36(4,5)6)49-20-30-32(50-24(2)45)33(51-25(3)46)38(53-30,21-40-7)31-15-14-29-34(39)41-22-42-44(29)31/h10-15,21-23,28,30,32-33H,8-9,16-20H2,1-7H3,(H,43,48)(H2,39,41,42)/t23-,30+,32+,33+,38-,55?/m0/s1. The van der Waals surface area contributed by atoms with Gasteiger partial charge in [-0.3, -0.25) is 23.9 Å². The molecule has 6 rings (SSSR count). The lowest BCUT2D eigenvalue weighted by Crippen LogP contribution is -2.47. The molecule has 2 saturated carbocycles. The molecule has 1 unspecified atom stereocenters. The number of anilines is 1. The summed E-state index contributed by atoms with van der Waals surface area (Å²) in [5, 5.41) is 7.09. The highest BCUT2D eigenvalue weighted by atomic mass is 31.2. The number of hydrogen-bond acceptors (Lipinski definition) is 14. The van der Waals surface area contributed by atoms with Crippen LogP contribution in [0.1, 0.15) is 91.3 Å². The minimum atomic E-state index is -4.45. The van der Waals surface area contributed by atoms with Crippen LogP contribution in [0.2, 0.25) is 0 Å². The Morgan fingerprint density at radius 2 is 1.75 bits per heavy atom. The number of benzene rings is 1. The van der Waals surface area contributed by atoms with Gasteiger partial charge in [-0.2, -0.15) is 10.2 Å². The summed E-state index contributed by atoms with van der Waals surface area (Å²) in [5.74, 6) is -1.64. The first-order valence-corrected chi connectivity index (χ1v) is 20.1. The summed E-state index contributed by atoms with van der Waals surface area (Å²) in [6.07, 6.45) is 4.84. The fraction of sp³-hybridized carbons (Fsp3) is 0.579. The summed E-state index contributed by atoms with van der Waals surface area (Å²) < 4.78 is 52.3. The van der Waals surface area contributed by atoms with Crippen LogP contribution < -0.4 is 15.3 Å². The highest BCUT2D eigenvalue weighted by Crippen LogP contribution is 2.54. The predicted molar refractivity (Wildman–Crippen MR) is 201 cm³/mol. The number of carbonyl (C=O) groups excluding carboxylic acids is 3. The number of nitrogen functional groups attached to an aromatic ring is 1. The Balaban J connectivity index is 1.30. The fourth-order valence-electron chi connectivity index (χ4n) is 7.93. The third-order valence-electron chi connectivity index (χ3n) is 10.6. The molecule has 3 aromatic rings. The van der Waals surface area contributed by atoms with E-state index in [1.165, 1.54) is 57.7 Å². The van der Waals surface area contributed by atoms with E-state index < -0.39 is 62.2 Å². The number of nitrogens with one attached hydrogen (secondary N) is 1. The van der Waals surface area contributed by atoms with Gasteiger partial charge in [0.05, 0.1) is 12.3 Å². The van der Waals surface area contributed by atoms with Crippen LogP contribution in [0.25, 0.3) is 5.52 Å². The molecule has 298 valence electrons. The molecule has 0 amide bonds. The molecule has 2 aromatic heterocycles. The van der Waals surface area contributed by atoms with Crippen molar-refractivity contribution in [3.05, 3.63) is 54.0 Å². The van der Waals surface area contributed by atoms with Gasteiger partial charge >= 0.3 is 25.7 Å². The van der Waals surface area contributed by atoms with Crippen LogP contribution in [0.15, 0.2) is 47.7 Å². The Kier molecular flexibility index (Phi) is 11.5. The lowest BCUT2D eigenvalue weighted by molar-refractivity contribution is -0.165. The average molecular weight is 783 g/mol. The van der Waals surface area contributed by atoms with E-state index in [1.807, 2.05) is 12.1 Å². The summed E-state index contributed by atoms with van der Waals surface area (Å²) in [6.45, 7) is 9.57. The molecular formula is C38H51N6O10P. The maximum absolute atomic E-state index is 14.8. The Morgan fingerprint density at radius 1 is 1.07 bits per heavy atom. The van der Waals surface area contributed by atoms with Gasteiger partial charge in [-0.25, -0.2) is 14.1 Å². The summed E-state index contributed by atoms with van der Waals surface area (Å²) >= 11 is 0. The second kappa shape index (κ2) is 15.6. The van der Waals surface area contributed by atoms with E-state index in [0.717, 1.165) is 31.2 Å². The first-order valence-electron chi connectivity index (χ1n) is 18.5. The second-order valence-electron chi connectivity index (χ2n) is 15.8. The number of esters is 3. The van der Waals surface area contributed by atoms with Crippen molar-refractivity contribution in [2.75, 3.05) is 19.4 Å². The molecule has 16 nitrogen and oxygen atoms in total. The maximum Gasteiger partial charge on any atom is 0.459 e. The molecule has 17 heteroatoms. The van der Waals surface area contributed by atoms with Crippen molar-refractivity contribution < 1.29 is 46.9 Å². The number of carbonyl (C=O) groups is 3. The van der Waals surface area contributed by atoms with Crippen LogP contribution in [-0.2, 0) is 53.4 Å². The highest BCUT2D eigenvalue weighted by Gasteiger charge is 2.61. The number of nitrogens with zero attached hydrogens (tertiary/aromatic N) is 4. The number of hydrogen-bond donors (Lipinski definition) is 2. The van der Waals surface area contributed by atoms with E-state index in [1.54, 1.807) is 24.3 Å². The van der Waals surface area contributed by atoms with Crippen molar-refractivity contribution in [3.63, 3.8) is 0 Å². The van der Waals surface area contributed by atoms with Crippen LogP contribution in [0.3, 0.4) is 0 Å². The van der Waals surface area contributed by atoms with Crippen molar-refractivity contribution in [2.24, 2.45) is 10.4 Å². The second-order valence-corrected chi connectivity index (χ2v) is 17.5. The molecule has 3 N–H and O–H groups in total. The molecule has 3 heterocycles. The van der Waals surface area contributed by atoms with Crippen LogP contribution in [-0.4, -0.2) is 82.8 Å². The summed E-state index contributed by atoms with van der Waals surface area (Å²) in [7, 11) is -2.95. The first-order chi connectivity index (χ1) is 26.0. The number of rotatable bonds is 13. The van der Waals surface area contributed by atoms with Crippen molar-refractivity contribution in [2.45, 2.75) is 122 Å². The summed E-state index contributed by atoms with van der Waals surface area (Å²) in [6, 6.07) is 9.22. The van der Waals surface area contributed by atoms with Crippen LogP contribution >= 0.6 is 7.75 Å². The number of aromatic nitrogens is 3. The topological polar surface area (TPSA) is 204 Å². The van der Waals surface area contributed by atoms with E-state index in [0.29, 0.717) is 11.2 Å². The monoisotopic (exact) mass is 782 g/mol. The van der Waals surface area contributed by atoms with Crippen molar-refractivity contribution >= 4 is 43.2 Å². The zero-order valence-corrected chi connectivity index (χ0v) is 33.2. The molecule has 1 aromatic carbocycles. The van der Waals surface area contributed by atoms with Crippen molar-refractivity contribution in [1.29, 1.82) is 0 Å². The normalized spacial score (nSPS) is 25.4. The SMILES string of the molecule is CN=C[C@@]1(c2ccc3c(N)ncnn23)O[C@H](COP(=O)(N[C@@H](C)C(=O)OC2CC3(CCCC3)C2)Oc2ccc(C(C)(C)C)cc2)[C@@H](OC(C)=O)[C@H]1OC(C)=O. The Morgan fingerprint density at radius 3 is 2.36 bits per heavy atom. The predicted octanol–water partition coefficient (Wildman–Crippen LogP) is 5.21. The third kappa shape index (κ3) is 8.57. The fourth-order valence-corrected chi connectivity index (χ4v) is 9.43. The molecule has 6 atom stereocenters. The van der Waals surface area contributed by atoms with Gasteiger partial charge in [0, 0.05) is 27.1 Å². The Labute approximate surface area is 320 Å². The minimum Gasteiger partial charge on any atom is -0.461 e. The van der Waals surface area contributed by atoms with Gasteiger partial charge in [0.25, 0.3) is 0 Å². The molecule has 1 aliphatic heterocycles. The minimum absolute atomic E-state index is 0.158. The van der Waals surface area contributed by atoms with Crippen LogP contribution in [0.5, 0.6) is 5.75 Å². The van der Waals surface area contributed by atoms with Crippen molar-refractivity contribution in [1.82, 2.24) is 19.7 Å². The molecule has 55 heavy (non-hydrogen) atoms. The summed E-state index contributed by atoms with van der Waals surface area (Å²) in [4.78, 5) is 46.8. The molecule has 1 spiro atoms. The molecule has 1 saturated heterocycles. The van der Waals surface area contributed by atoms with Crippen molar-refractivity contribution in [3.8, 4) is 5.75 Å². The third-order valence-corrected chi connectivity index (χ3v) is 12.2. The maximum atomic E-state index is 14.8. The molecule has 3 aliphatic rings. The molecule has 2 aliphatic carbocycles. The van der Waals surface area contributed by atoms with E-state index in [4.69, 9.17) is 33.7 Å². The van der Waals surface area contributed by atoms with Gasteiger partial charge in [-0.1, -0.05) is 45.7 Å². The zero-order chi connectivity index (χ0) is 39.8. The van der Waals surface area contributed by atoms with Gasteiger partial charge in [-0.15, -0.1) is 0 Å². The molecule has 0 bridgehead atoms. The molecule has 3 fully saturated rings. The number of nitrogens with two attached hydrogens (primary N) is 1. The Hall–Kier alpha value is -4.37. The summed E-state index contributed by atoms with van der Waals surface area (Å²) in [5.41, 5.74) is 6.27. The number of aliphatic imine (C=N–C) groups is 1. The first kappa shape index (κ1) is 40.3. The van der Waals surface area contributed by atoms with E-state index in [2.05, 4.69) is 40.9 Å². The van der Waals surface area contributed by atoms with Gasteiger partial charge in [-0.05, 0) is 73.3 Å². The van der Waals surface area contributed by atoms with Gasteiger partial charge in [0.2, 0.25) is 0 Å². The van der Waals surface area contributed by atoms with E-state index in [-0.39, 0.29) is 28.5 Å². The number of ether oxygens (including phenoxy) is 4. The molecule has 0 radical (unpaired) electrons. The lowest BCUT2D eigenvalue weighted by atomic mass is 9.65. The van der Waals surface area contributed by atoms with Gasteiger partial charge < -0.3 is 29.2 Å². The number of fused-ring (bicyclic) bond motifs is 1. The van der Waals surface area contributed by atoms with Crippen LogP contribution in [0, 0.1) is 5.41 Å². The quantitative estimate of drug-likeness (QED) is 0.0989. The van der Waals surface area contributed by atoms with Crippen LogP contribution in [0.4, 0.5) is 5.82 Å². The zero-order valence-electron chi connectivity index (χ0n) is 32.4. The van der Waals surface area contributed by atoms with E-state index >= 15 is 0 Å². The largest absolute Gasteiger partial charge is 0.461 e. The van der Waals surface area contributed by atoms with Gasteiger partial charge in [0.15, 0.2) is 23.6 Å². The lowest BCUT2D eigenvalue weighted by Gasteiger charge is -2.44. The smallest absolute Gasteiger partial charge is 0.459 e.